The van der Waals surface area contributed by atoms with E-state index in [-0.39, 0.29) is 11.7 Å². The van der Waals surface area contributed by atoms with E-state index in [2.05, 4.69) is 32.2 Å². The van der Waals surface area contributed by atoms with Crippen LogP contribution >= 0.6 is 0 Å². The van der Waals surface area contributed by atoms with Crippen LogP contribution in [0.1, 0.15) is 26.2 Å². The molecule has 1 aromatic heterocycles. The van der Waals surface area contributed by atoms with Crippen molar-refractivity contribution in [1.29, 1.82) is 0 Å². The maximum Gasteiger partial charge on any atom is 0.321 e. The van der Waals surface area contributed by atoms with E-state index in [0.717, 1.165) is 30.3 Å². The molecular weight excluding hydrogens is 390 g/mol. The van der Waals surface area contributed by atoms with Crippen LogP contribution in [0.4, 0.5) is 30.9 Å². The van der Waals surface area contributed by atoms with E-state index < -0.39 is 11.6 Å². The van der Waals surface area contributed by atoms with Gasteiger partial charge >= 0.3 is 6.03 Å². The zero-order valence-electron chi connectivity index (χ0n) is 17.0. The average Bonchev–Trinajstić information content (AvgIpc) is 2.77. The average molecular weight is 416 g/mol. The fourth-order valence-electron chi connectivity index (χ4n) is 3.99. The highest BCUT2D eigenvalue weighted by Crippen LogP contribution is 2.24. The standard InChI is InChI=1S/C21H26F2N6O/c1-15-4-2-3-9-29(15)20-8-7-19(25-26-20)27-10-12-28(13-11-27)21(30)24-16-5-6-17(22)18(23)14-16/h5-8,14-15H,2-4,9-13H2,1H3,(H,24,30). The number of urea groups is 1. The summed E-state index contributed by atoms with van der Waals surface area (Å²) in [5.74, 6) is -0.221. The van der Waals surface area contributed by atoms with Crippen molar-refractivity contribution in [1.82, 2.24) is 15.1 Å². The molecule has 2 aliphatic heterocycles. The number of rotatable bonds is 3. The minimum Gasteiger partial charge on any atom is -0.352 e. The van der Waals surface area contributed by atoms with Crippen molar-refractivity contribution in [3.63, 3.8) is 0 Å². The quantitative estimate of drug-likeness (QED) is 0.830. The zero-order valence-corrected chi connectivity index (χ0v) is 17.0. The van der Waals surface area contributed by atoms with Gasteiger partial charge in [0.1, 0.15) is 0 Å². The Morgan fingerprint density at radius 1 is 0.967 bits per heavy atom. The van der Waals surface area contributed by atoms with Crippen LogP contribution in [-0.4, -0.2) is 59.9 Å². The summed E-state index contributed by atoms with van der Waals surface area (Å²) in [7, 11) is 0. The molecule has 2 aromatic rings. The van der Waals surface area contributed by atoms with Gasteiger partial charge in [-0.2, -0.15) is 0 Å². The maximum absolute atomic E-state index is 13.3. The molecule has 0 aliphatic carbocycles. The summed E-state index contributed by atoms with van der Waals surface area (Å²) in [6.45, 7) is 5.49. The lowest BCUT2D eigenvalue weighted by molar-refractivity contribution is 0.208. The Kier molecular flexibility index (Phi) is 5.96. The van der Waals surface area contributed by atoms with Gasteiger partial charge in [-0.3, -0.25) is 0 Å². The lowest BCUT2D eigenvalue weighted by atomic mass is 10.0. The number of carbonyl (C=O) groups excluding carboxylic acids is 1. The van der Waals surface area contributed by atoms with Crippen molar-refractivity contribution in [3.05, 3.63) is 42.0 Å². The third-order valence-corrected chi connectivity index (χ3v) is 5.80. The van der Waals surface area contributed by atoms with Crippen LogP contribution < -0.4 is 15.1 Å². The van der Waals surface area contributed by atoms with Gasteiger partial charge in [-0.25, -0.2) is 13.6 Å². The van der Waals surface area contributed by atoms with Crippen LogP contribution in [0, 0.1) is 11.6 Å². The molecule has 1 atom stereocenters. The van der Waals surface area contributed by atoms with Gasteiger partial charge in [0.15, 0.2) is 23.3 Å². The Morgan fingerprint density at radius 3 is 2.37 bits per heavy atom. The third-order valence-electron chi connectivity index (χ3n) is 5.80. The normalized spacial score (nSPS) is 19.7. The molecule has 4 rings (SSSR count). The van der Waals surface area contributed by atoms with Gasteiger partial charge in [0.2, 0.25) is 0 Å². The minimum atomic E-state index is -0.987. The Labute approximate surface area is 174 Å². The number of hydrogen-bond acceptors (Lipinski definition) is 5. The summed E-state index contributed by atoms with van der Waals surface area (Å²) in [4.78, 5) is 18.5. The summed E-state index contributed by atoms with van der Waals surface area (Å²) in [5.41, 5.74) is 0.231. The van der Waals surface area contributed by atoms with Crippen molar-refractivity contribution in [2.75, 3.05) is 47.8 Å². The molecule has 3 heterocycles. The highest BCUT2D eigenvalue weighted by Gasteiger charge is 2.24. The topological polar surface area (TPSA) is 64.6 Å². The van der Waals surface area contributed by atoms with Crippen LogP contribution in [0.3, 0.4) is 0 Å². The number of carbonyl (C=O) groups is 1. The molecule has 2 amide bonds. The molecule has 0 radical (unpaired) electrons. The molecule has 0 bridgehead atoms. The zero-order chi connectivity index (χ0) is 21.1. The molecule has 2 fully saturated rings. The molecule has 2 saturated heterocycles. The Balaban J connectivity index is 1.31. The molecule has 7 nitrogen and oxygen atoms in total. The largest absolute Gasteiger partial charge is 0.352 e. The molecular formula is C21H26F2N6O. The van der Waals surface area contributed by atoms with Crippen molar-refractivity contribution in [2.45, 2.75) is 32.2 Å². The van der Waals surface area contributed by atoms with Gasteiger partial charge in [0, 0.05) is 50.5 Å². The van der Waals surface area contributed by atoms with Crippen LogP contribution in [0.15, 0.2) is 30.3 Å². The second-order valence-electron chi connectivity index (χ2n) is 7.82. The van der Waals surface area contributed by atoms with Crippen molar-refractivity contribution < 1.29 is 13.6 Å². The van der Waals surface area contributed by atoms with E-state index in [1.165, 1.54) is 25.3 Å². The van der Waals surface area contributed by atoms with Crippen LogP contribution in [0.2, 0.25) is 0 Å². The molecule has 0 saturated carbocycles. The van der Waals surface area contributed by atoms with Gasteiger partial charge in [0.05, 0.1) is 0 Å². The summed E-state index contributed by atoms with van der Waals surface area (Å²) in [6.07, 6.45) is 3.62. The molecule has 30 heavy (non-hydrogen) atoms. The second kappa shape index (κ2) is 8.81. The second-order valence-corrected chi connectivity index (χ2v) is 7.82. The number of nitrogens with one attached hydrogen (secondary N) is 1. The van der Waals surface area contributed by atoms with Crippen molar-refractivity contribution in [2.24, 2.45) is 0 Å². The molecule has 1 unspecified atom stereocenters. The van der Waals surface area contributed by atoms with Crippen molar-refractivity contribution in [3.8, 4) is 0 Å². The first-order valence-electron chi connectivity index (χ1n) is 10.4. The molecule has 0 spiro atoms. The number of aromatic nitrogens is 2. The molecule has 1 N–H and O–H groups in total. The Bertz CT molecular complexity index is 886. The van der Waals surface area contributed by atoms with E-state index in [1.807, 2.05) is 12.1 Å². The van der Waals surface area contributed by atoms with Gasteiger partial charge in [-0.1, -0.05) is 0 Å². The number of piperidine rings is 1. The maximum atomic E-state index is 13.3. The number of benzene rings is 1. The first-order chi connectivity index (χ1) is 14.5. The fourth-order valence-corrected chi connectivity index (χ4v) is 3.99. The van der Waals surface area contributed by atoms with E-state index >= 15 is 0 Å². The number of halogens is 2. The van der Waals surface area contributed by atoms with E-state index in [9.17, 15) is 13.6 Å². The van der Waals surface area contributed by atoms with Gasteiger partial charge in [0.25, 0.3) is 0 Å². The lowest BCUT2D eigenvalue weighted by Crippen LogP contribution is -2.50. The molecule has 9 heteroatoms. The number of hydrogen-bond donors (Lipinski definition) is 1. The first kappa shape index (κ1) is 20.3. The number of piperazine rings is 1. The SMILES string of the molecule is CC1CCCCN1c1ccc(N2CCN(C(=O)Nc3ccc(F)c(F)c3)CC2)nn1. The first-order valence-corrected chi connectivity index (χ1v) is 10.4. The predicted molar refractivity (Wildman–Crippen MR) is 112 cm³/mol. The van der Waals surface area contributed by atoms with Gasteiger partial charge in [-0.05, 0) is 50.5 Å². The smallest absolute Gasteiger partial charge is 0.321 e. The van der Waals surface area contributed by atoms with Crippen LogP contribution in [0.25, 0.3) is 0 Å². The van der Waals surface area contributed by atoms with Crippen LogP contribution in [0.5, 0.6) is 0 Å². The highest BCUT2D eigenvalue weighted by molar-refractivity contribution is 5.89. The summed E-state index contributed by atoms with van der Waals surface area (Å²) >= 11 is 0. The van der Waals surface area contributed by atoms with E-state index in [1.54, 1.807) is 4.90 Å². The summed E-state index contributed by atoms with van der Waals surface area (Å²) in [6, 6.07) is 7.47. The summed E-state index contributed by atoms with van der Waals surface area (Å²) < 4.78 is 26.3. The lowest BCUT2D eigenvalue weighted by Gasteiger charge is -2.36. The van der Waals surface area contributed by atoms with Crippen LogP contribution in [-0.2, 0) is 0 Å². The summed E-state index contributed by atoms with van der Waals surface area (Å²) in [5, 5.41) is 11.4. The Morgan fingerprint density at radius 2 is 1.70 bits per heavy atom. The number of anilines is 3. The Hall–Kier alpha value is -2.97. The minimum absolute atomic E-state index is 0.231. The van der Waals surface area contributed by atoms with Gasteiger partial charge < -0.3 is 20.0 Å². The van der Waals surface area contributed by atoms with E-state index in [0.29, 0.717) is 32.2 Å². The molecule has 160 valence electrons. The highest BCUT2D eigenvalue weighted by atomic mass is 19.2. The molecule has 1 aromatic carbocycles. The number of amides is 2. The third kappa shape index (κ3) is 4.44. The predicted octanol–water partition coefficient (Wildman–Crippen LogP) is 3.49. The fraction of sp³-hybridized carbons (Fsp3) is 0.476. The van der Waals surface area contributed by atoms with Gasteiger partial charge in [-0.15, -0.1) is 10.2 Å². The molecule has 2 aliphatic rings. The monoisotopic (exact) mass is 416 g/mol. The number of nitrogens with zero attached hydrogens (tertiary/aromatic N) is 5. The van der Waals surface area contributed by atoms with Crippen molar-refractivity contribution >= 4 is 23.4 Å². The van der Waals surface area contributed by atoms with E-state index in [4.69, 9.17) is 0 Å².